The van der Waals surface area contributed by atoms with Gasteiger partial charge in [0.05, 0.1) is 5.69 Å². The van der Waals surface area contributed by atoms with Crippen LogP contribution in [0.5, 0.6) is 0 Å². The second kappa shape index (κ2) is 4.94. The summed E-state index contributed by atoms with van der Waals surface area (Å²) in [6, 6.07) is 8.27. The smallest absolute Gasteiger partial charge is 0.0658 e. The molecular formula is C13H19N. The van der Waals surface area contributed by atoms with Crippen molar-refractivity contribution in [3.05, 3.63) is 29.8 Å². The molecule has 0 amide bonds. The van der Waals surface area contributed by atoms with Gasteiger partial charge in [-0.1, -0.05) is 39.0 Å². The molecule has 0 unspecified atom stereocenters. The first-order valence-electron chi connectivity index (χ1n) is 5.28. The molecule has 76 valence electrons. The Morgan fingerprint density at radius 3 is 2.43 bits per heavy atom. The Morgan fingerprint density at radius 1 is 1.29 bits per heavy atom. The Balaban J connectivity index is 3.00. The molecule has 0 bridgehead atoms. The van der Waals surface area contributed by atoms with Gasteiger partial charge in [0.25, 0.3) is 0 Å². The highest BCUT2D eigenvalue weighted by molar-refractivity contribution is 5.88. The Bertz CT molecular complexity index is 324. The van der Waals surface area contributed by atoms with Gasteiger partial charge in [0.15, 0.2) is 0 Å². The summed E-state index contributed by atoms with van der Waals surface area (Å²) in [5.74, 6) is 0.541. The molecule has 0 aliphatic carbocycles. The van der Waals surface area contributed by atoms with Crippen LogP contribution in [-0.2, 0) is 0 Å². The molecular weight excluding hydrogens is 170 g/mol. The summed E-state index contributed by atoms with van der Waals surface area (Å²) in [6.07, 6.45) is 1.03. The van der Waals surface area contributed by atoms with E-state index in [1.807, 2.05) is 6.07 Å². The van der Waals surface area contributed by atoms with Crippen LogP contribution in [0.4, 0.5) is 5.69 Å². The molecule has 0 aromatic heterocycles. The van der Waals surface area contributed by atoms with Crippen LogP contribution in [0.1, 0.15) is 32.8 Å². The first kappa shape index (κ1) is 11.0. The monoisotopic (exact) mass is 189 g/mol. The van der Waals surface area contributed by atoms with Crippen molar-refractivity contribution in [3.8, 4) is 0 Å². The van der Waals surface area contributed by atoms with E-state index >= 15 is 0 Å². The van der Waals surface area contributed by atoms with E-state index in [4.69, 9.17) is 4.99 Å². The number of nitrogens with zero attached hydrogens (tertiary/aromatic N) is 1. The molecule has 0 heterocycles. The quantitative estimate of drug-likeness (QED) is 0.634. The highest BCUT2D eigenvalue weighted by Gasteiger charge is 2.03. The molecule has 1 nitrogen and oxygen atoms in total. The molecule has 0 N–H and O–H groups in total. The number of para-hydroxylation sites is 1. The van der Waals surface area contributed by atoms with Gasteiger partial charge in [-0.25, -0.2) is 0 Å². The molecule has 0 saturated carbocycles. The number of hydrogen-bond donors (Lipinski definition) is 0. The fourth-order valence-electron chi connectivity index (χ4n) is 1.46. The number of benzene rings is 1. The molecule has 0 radical (unpaired) electrons. The number of aryl methyl sites for hydroxylation is 1. The van der Waals surface area contributed by atoms with Gasteiger partial charge in [0.1, 0.15) is 0 Å². The van der Waals surface area contributed by atoms with Gasteiger partial charge in [-0.3, -0.25) is 4.99 Å². The molecule has 0 aliphatic rings. The zero-order valence-corrected chi connectivity index (χ0v) is 9.54. The molecule has 0 atom stereocenters. The Hall–Kier alpha value is -1.11. The lowest BCUT2D eigenvalue weighted by atomic mass is 10.1. The summed E-state index contributed by atoms with van der Waals surface area (Å²) in [4.78, 5) is 4.69. The summed E-state index contributed by atoms with van der Waals surface area (Å²) >= 11 is 0. The van der Waals surface area contributed by atoms with E-state index in [1.54, 1.807) is 0 Å². The number of aliphatic imine (C=N–C) groups is 1. The SMILES string of the molecule is CCC(=Nc1ccccc1C)C(C)C. The second-order valence-corrected chi connectivity index (χ2v) is 3.90. The summed E-state index contributed by atoms with van der Waals surface area (Å²) in [5.41, 5.74) is 3.64. The molecule has 0 aliphatic heterocycles. The topological polar surface area (TPSA) is 12.4 Å². The molecule has 1 aromatic rings. The fourth-order valence-corrected chi connectivity index (χ4v) is 1.46. The predicted molar refractivity (Wildman–Crippen MR) is 63.4 cm³/mol. The van der Waals surface area contributed by atoms with E-state index in [-0.39, 0.29) is 0 Å². The van der Waals surface area contributed by atoms with Crippen molar-refractivity contribution in [2.45, 2.75) is 34.1 Å². The lowest BCUT2D eigenvalue weighted by molar-refractivity contribution is 0.857. The van der Waals surface area contributed by atoms with Crippen LogP contribution in [0.15, 0.2) is 29.3 Å². The summed E-state index contributed by atoms with van der Waals surface area (Å²) in [7, 11) is 0. The highest BCUT2D eigenvalue weighted by atomic mass is 14.8. The third kappa shape index (κ3) is 2.69. The van der Waals surface area contributed by atoms with Crippen molar-refractivity contribution in [1.82, 2.24) is 0 Å². The fraction of sp³-hybridized carbons (Fsp3) is 0.462. The molecule has 0 spiro atoms. The zero-order valence-electron chi connectivity index (χ0n) is 9.54. The lowest BCUT2D eigenvalue weighted by Gasteiger charge is -2.08. The van der Waals surface area contributed by atoms with Crippen LogP contribution >= 0.6 is 0 Å². The maximum atomic E-state index is 4.69. The largest absolute Gasteiger partial charge is 0.257 e. The Kier molecular flexibility index (Phi) is 3.87. The van der Waals surface area contributed by atoms with E-state index < -0.39 is 0 Å². The maximum Gasteiger partial charge on any atom is 0.0658 e. The second-order valence-electron chi connectivity index (χ2n) is 3.90. The van der Waals surface area contributed by atoms with Gasteiger partial charge in [0.2, 0.25) is 0 Å². The van der Waals surface area contributed by atoms with Crippen molar-refractivity contribution < 1.29 is 0 Å². The third-order valence-corrected chi connectivity index (χ3v) is 2.41. The van der Waals surface area contributed by atoms with E-state index in [0.717, 1.165) is 12.1 Å². The Morgan fingerprint density at radius 2 is 1.93 bits per heavy atom. The van der Waals surface area contributed by atoms with Crippen molar-refractivity contribution >= 4 is 11.4 Å². The normalized spacial score (nSPS) is 12.2. The summed E-state index contributed by atoms with van der Waals surface area (Å²) in [6.45, 7) is 8.66. The lowest BCUT2D eigenvalue weighted by Crippen LogP contribution is -2.05. The summed E-state index contributed by atoms with van der Waals surface area (Å²) < 4.78 is 0. The molecule has 1 heteroatoms. The van der Waals surface area contributed by atoms with Crippen molar-refractivity contribution in [1.29, 1.82) is 0 Å². The number of rotatable bonds is 3. The van der Waals surface area contributed by atoms with Gasteiger partial charge in [-0.15, -0.1) is 0 Å². The van der Waals surface area contributed by atoms with Crippen LogP contribution < -0.4 is 0 Å². The third-order valence-electron chi connectivity index (χ3n) is 2.41. The molecule has 1 aromatic carbocycles. The molecule has 0 saturated heterocycles. The molecule has 0 fully saturated rings. The van der Waals surface area contributed by atoms with E-state index in [0.29, 0.717) is 5.92 Å². The van der Waals surface area contributed by atoms with Crippen LogP contribution in [0, 0.1) is 12.8 Å². The van der Waals surface area contributed by atoms with Gasteiger partial charge in [0, 0.05) is 5.71 Å². The van der Waals surface area contributed by atoms with Crippen molar-refractivity contribution in [2.75, 3.05) is 0 Å². The molecule has 14 heavy (non-hydrogen) atoms. The van der Waals surface area contributed by atoms with Crippen LogP contribution in [-0.4, -0.2) is 5.71 Å². The summed E-state index contributed by atoms with van der Waals surface area (Å²) in [5, 5.41) is 0. The van der Waals surface area contributed by atoms with Gasteiger partial charge in [-0.2, -0.15) is 0 Å². The first-order valence-corrected chi connectivity index (χ1v) is 5.28. The molecule has 1 rings (SSSR count). The van der Waals surface area contributed by atoms with Crippen LogP contribution in [0.2, 0.25) is 0 Å². The minimum Gasteiger partial charge on any atom is -0.257 e. The minimum atomic E-state index is 0.541. The van der Waals surface area contributed by atoms with Crippen molar-refractivity contribution in [3.63, 3.8) is 0 Å². The van der Waals surface area contributed by atoms with Gasteiger partial charge in [-0.05, 0) is 30.9 Å². The van der Waals surface area contributed by atoms with Crippen LogP contribution in [0.3, 0.4) is 0 Å². The predicted octanol–water partition coefficient (Wildman–Crippen LogP) is 4.13. The standard InChI is InChI=1S/C13H19N/c1-5-12(10(2)3)14-13-9-7-6-8-11(13)4/h6-10H,5H2,1-4H3. The maximum absolute atomic E-state index is 4.69. The van der Waals surface area contributed by atoms with Crippen molar-refractivity contribution in [2.24, 2.45) is 10.9 Å². The average molecular weight is 189 g/mol. The van der Waals surface area contributed by atoms with E-state index in [1.165, 1.54) is 11.3 Å². The number of hydrogen-bond acceptors (Lipinski definition) is 1. The van der Waals surface area contributed by atoms with Crippen LogP contribution in [0.25, 0.3) is 0 Å². The van der Waals surface area contributed by atoms with Gasteiger partial charge < -0.3 is 0 Å². The Labute approximate surface area is 86.9 Å². The zero-order chi connectivity index (χ0) is 10.6. The minimum absolute atomic E-state index is 0.541. The van der Waals surface area contributed by atoms with E-state index in [2.05, 4.69) is 45.9 Å². The highest BCUT2D eigenvalue weighted by Crippen LogP contribution is 2.19. The average Bonchev–Trinajstić information content (AvgIpc) is 2.16. The van der Waals surface area contributed by atoms with Gasteiger partial charge >= 0.3 is 0 Å². The first-order chi connectivity index (χ1) is 6.65. The van der Waals surface area contributed by atoms with E-state index in [9.17, 15) is 0 Å².